The quantitative estimate of drug-likeness (QED) is 0.776. The molecular formula is C16H24N6. The van der Waals surface area contributed by atoms with Crippen LogP contribution in [0.25, 0.3) is 0 Å². The first-order valence-electron chi connectivity index (χ1n) is 8.00. The fourth-order valence-corrected chi connectivity index (χ4v) is 3.17. The average molecular weight is 300 g/mol. The van der Waals surface area contributed by atoms with Gasteiger partial charge < -0.3 is 9.80 Å². The van der Waals surface area contributed by atoms with Crippen molar-refractivity contribution in [3.63, 3.8) is 0 Å². The smallest absolute Gasteiger partial charge is 0.138 e. The van der Waals surface area contributed by atoms with E-state index in [4.69, 9.17) is 0 Å². The largest absolute Gasteiger partial charge is 0.371 e. The van der Waals surface area contributed by atoms with E-state index in [-0.39, 0.29) is 0 Å². The van der Waals surface area contributed by atoms with Crippen molar-refractivity contribution in [1.82, 2.24) is 25.1 Å². The summed E-state index contributed by atoms with van der Waals surface area (Å²) < 4.78 is 1.79. The molecule has 0 aliphatic carbocycles. The van der Waals surface area contributed by atoms with Gasteiger partial charge in [-0.05, 0) is 54.9 Å². The number of nitrogens with zero attached hydrogens (tertiary/aromatic N) is 6. The third-order valence-corrected chi connectivity index (χ3v) is 4.30. The molecule has 1 atom stereocenters. The molecule has 2 heterocycles. The van der Waals surface area contributed by atoms with Crippen LogP contribution >= 0.6 is 0 Å². The van der Waals surface area contributed by atoms with Gasteiger partial charge in [0, 0.05) is 31.9 Å². The molecule has 118 valence electrons. The average Bonchev–Trinajstić information content (AvgIpc) is 3.20. The minimum atomic E-state index is 0.762. The second-order valence-electron chi connectivity index (χ2n) is 6.12. The molecule has 2 aromatic rings. The summed E-state index contributed by atoms with van der Waals surface area (Å²) in [5.41, 5.74) is 1.35. The number of aromatic nitrogens is 4. The minimum absolute atomic E-state index is 0.762. The van der Waals surface area contributed by atoms with Crippen LogP contribution in [0.4, 0.5) is 5.69 Å². The van der Waals surface area contributed by atoms with E-state index in [0.717, 1.165) is 25.4 Å². The molecule has 1 aromatic carbocycles. The lowest BCUT2D eigenvalue weighted by molar-refractivity contribution is 0.276. The van der Waals surface area contributed by atoms with Gasteiger partial charge in [-0.25, -0.2) is 4.68 Å². The van der Waals surface area contributed by atoms with Crippen LogP contribution in [0.1, 0.15) is 12.8 Å². The van der Waals surface area contributed by atoms with Crippen molar-refractivity contribution in [2.45, 2.75) is 19.4 Å². The molecule has 3 rings (SSSR count). The highest BCUT2D eigenvalue weighted by Crippen LogP contribution is 2.23. The molecule has 6 nitrogen and oxygen atoms in total. The second-order valence-corrected chi connectivity index (χ2v) is 6.12. The highest BCUT2D eigenvalue weighted by atomic mass is 15.5. The summed E-state index contributed by atoms with van der Waals surface area (Å²) in [5.74, 6) is 0.762. The van der Waals surface area contributed by atoms with Crippen molar-refractivity contribution in [2.75, 3.05) is 38.1 Å². The number of para-hydroxylation sites is 1. The zero-order valence-corrected chi connectivity index (χ0v) is 13.2. The van der Waals surface area contributed by atoms with Crippen LogP contribution in [-0.2, 0) is 6.54 Å². The van der Waals surface area contributed by atoms with Crippen LogP contribution < -0.4 is 4.90 Å². The molecule has 6 heteroatoms. The molecule has 1 aliphatic heterocycles. The van der Waals surface area contributed by atoms with Crippen molar-refractivity contribution in [3.8, 4) is 0 Å². The first-order chi connectivity index (χ1) is 10.8. The third kappa shape index (κ3) is 4.04. The van der Waals surface area contributed by atoms with Gasteiger partial charge in [0.15, 0.2) is 0 Å². The molecule has 1 unspecified atom stereocenters. The second kappa shape index (κ2) is 7.35. The van der Waals surface area contributed by atoms with Crippen LogP contribution in [0.2, 0.25) is 0 Å². The summed E-state index contributed by atoms with van der Waals surface area (Å²) in [6, 6.07) is 10.7. The van der Waals surface area contributed by atoms with Crippen LogP contribution in [0, 0.1) is 5.92 Å². The van der Waals surface area contributed by atoms with E-state index in [9.17, 15) is 0 Å². The maximum Gasteiger partial charge on any atom is 0.138 e. The Hall–Kier alpha value is -1.95. The summed E-state index contributed by atoms with van der Waals surface area (Å²) in [5, 5.41) is 11.2. The molecule has 0 bridgehead atoms. The number of tetrazole rings is 1. The zero-order valence-electron chi connectivity index (χ0n) is 13.2. The Morgan fingerprint density at radius 1 is 1.27 bits per heavy atom. The summed E-state index contributed by atoms with van der Waals surface area (Å²) >= 11 is 0. The van der Waals surface area contributed by atoms with E-state index in [2.05, 4.69) is 62.7 Å². The lowest BCUT2D eigenvalue weighted by Crippen LogP contribution is -2.29. The molecule has 0 N–H and O–H groups in total. The van der Waals surface area contributed by atoms with Gasteiger partial charge in [-0.3, -0.25) is 0 Å². The van der Waals surface area contributed by atoms with Gasteiger partial charge in [-0.2, -0.15) is 0 Å². The van der Waals surface area contributed by atoms with Crippen molar-refractivity contribution in [1.29, 1.82) is 0 Å². The molecular weight excluding hydrogens is 276 g/mol. The lowest BCUT2D eigenvalue weighted by Gasteiger charge is -2.22. The highest BCUT2D eigenvalue weighted by molar-refractivity contribution is 5.46. The van der Waals surface area contributed by atoms with Crippen molar-refractivity contribution in [2.24, 2.45) is 5.92 Å². The molecule has 0 amide bonds. The number of benzene rings is 1. The maximum absolute atomic E-state index is 3.89. The van der Waals surface area contributed by atoms with Gasteiger partial charge in [-0.15, -0.1) is 5.10 Å². The Morgan fingerprint density at radius 2 is 2.14 bits per heavy atom. The fraction of sp³-hybridized carbons (Fsp3) is 0.562. The van der Waals surface area contributed by atoms with E-state index in [0.29, 0.717) is 0 Å². The molecule has 1 aromatic heterocycles. The van der Waals surface area contributed by atoms with E-state index in [1.165, 1.54) is 31.7 Å². The van der Waals surface area contributed by atoms with Crippen LogP contribution in [-0.4, -0.2) is 58.3 Å². The molecule has 0 spiro atoms. The summed E-state index contributed by atoms with van der Waals surface area (Å²) in [6.45, 7) is 5.48. The summed E-state index contributed by atoms with van der Waals surface area (Å²) in [7, 11) is 2.21. The van der Waals surface area contributed by atoms with Gasteiger partial charge in [0.25, 0.3) is 0 Å². The Bertz CT molecular complexity index is 541. The van der Waals surface area contributed by atoms with E-state index in [1.807, 2.05) is 0 Å². The number of hydrogen-bond acceptors (Lipinski definition) is 5. The Balaban J connectivity index is 1.38. The SMILES string of the molecule is CN(CCCn1cnnn1)CC1CCN(c2ccccc2)C1. The van der Waals surface area contributed by atoms with Gasteiger partial charge in [0.2, 0.25) is 0 Å². The Labute approximate surface area is 131 Å². The monoisotopic (exact) mass is 300 g/mol. The van der Waals surface area contributed by atoms with E-state index < -0.39 is 0 Å². The topological polar surface area (TPSA) is 50.1 Å². The number of anilines is 1. The molecule has 0 saturated carbocycles. The number of rotatable bonds is 7. The van der Waals surface area contributed by atoms with E-state index in [1.54, 1.807) is 11.0 Å². The van der Waals surface area contributed by atoms with Crippen LogP contribution in [0.3, 0.4) is 0 Å². The molecule has 0 radical (unpaired) electrons. The Morgan fingerprint density at radius 3 is 2.91 bits per heavy atom. The predicted octanol–water partition coefficient (Wildman–Crippen LogP) is 1.52. The van der Waals surface area contributed by atoms with Gasteiger partial charge >= 0.3 is 0 Å². The normalized spacial score (nSPS) is 18.3. The van der Waals surface area contributed by atoms with Crippen molar-refractivity contribution < 1.29 is 0 Å². The Kier molecular flexibility index (Phi) is 5.00. The van der Waals surface area contributed by atoms with Crippen molar-refractivity contribution >= 4 is 5.69 Å². The number of aryl methyl sites for hydroxylation is 1. The summed E-state index contributed by atoms with van der Waals surface area (Å²) in [6.07, 6.45) is 4.04. The standard InChI is InChI=1S/C16H24N6/c1-20(9-5-10-22-14-17-18-19-22)12-15-8-11-21(13-15)16-6-3-2-4-7-16/h2-4,6-7,14-15H,5,8-13H2,1H3. The molecule has 1 aliphatic rings. The minimum Gasteiger partial charge on any atom is -0.371 e. The fourth-order valence-electron chi connectivity index (χ4n) is 3.17. The van der Waals surface area contributed by atoms with Crippen LogP contribution in [0.15, 0.2) is 36.7 Å². The summed E-state index contributed by atoms with van der Waals surface area (Å²) in [4.78, 5) is 4.93. The van der Waals surface area contributed by atoms with E-state index >= 15 is 0 Å². The van der Waals surface area contributed by atoms with Gasteiger partial charge in [0.1, 0.15) is 6.33 Å². The first-order valence-corrected chi connectivity index (χ1v) is 8.00. The predicted molar refractivity (Wildman–Crippen MR) is 86.7 cm³/mol. The first kappa shape index (κ1) is 15.0. The molecule has 1 saturated heterocycles. The lowest BCUT2D eigenvalue weighted by atomic mass is 10.1. The van der Waals surface area contributed by atoms with Crippen molar-refractivity contribution in [3.05, 3.63) is 36.7 Å². The van der Waals surface area contributed by atoms with Gasteiger partial charge in [0.05, 0.1) is 0 Å². The zero-order chi connectivity index (χ0) is 15.2. The molecule has 1 fully saturated rings. The van der Waals surface area contributed by atoms with Gasteiger partial charge in [-0.1, -0.05) is 18.2 Å². The van der Waals surface area contributed by atoms with Crippen LogP contribution in [0.5, 0.6) is 0 Å². The highest BCUT2D eigenvalue weighted by Gasteiger charge is 2.23. The third-order valence-electron chi connectivity index (χ3n) is 4.30. The maximum atomic E-state index is 3.89. The number of hydrogen-bond donors (Lipinski definition) is 0. The molecule has 22 heavy (non-hydrogen) atoms.